The van der Waals surface area contributed by atoms with Gasteiger partial charge in [-0.2, -0.15) is 10.1 Å². The summed E-state index contributed by atoms with van der Waals surface area (Å²) in [6.07, 6.45) is 3.36. The Morgan fingerprint density at radius 1 is 1.15 bits per heavy atom. The van der Waals surface area contributed by atoms with Crippen LogP contribution in [0.2, 0.25) is 0 Å². The molecule has 1 unspecified atom stereocenters. The minimum Gasteiger partial charge on any atom is -0.339 e. The van der Waals surface area contributed by atoms with Crippen molar-refractivity contribution in [2.75, 3.05) is 0 Å². The summed E-state index contributed by atoms with van der Waals surface area (Å²) in [7, 11) is 0. The first-order valence-corrected chi connectivity index (χ1v) is 11.4. The van der Waals surface area contributed by atoms with Crippen molar-refractivity contribution in [3.63, 3.8) is 0 Å². The molecule has 0 aliphatic carbocycles. The van der Waals surface area contributed by atoms with Crippen molar-refractivity contribution in [1.29, 1.82) is 0 Å². The van der Waals surface area contributed by atoms with Gasteiger partial charge in [0.05, 0.1) is 16.3 Å². The molecule has 166 valence electrons. The summed E-state index contributed by atoms with van der Waals surface area (Å²) in [4.78, 5) is 23.3. The summed E-state index contributed by atoms with van der Waals surface area (Å²) in [6, 6.07) is 15.0. The molecule has 1 N–H and O–H groups in total. The molecule has 5 aromatic rings. The highest BCUT2D eigenvalue weighted by molar-refractivity contribution is 7.20. The van der Waals surface area contributed by atoms with Crippen molar-refractivity contribution in [2.24, 2.45) is 5.92 Å². The van der Waals surface area contributed by atoms with Crippen LogP contribution in [0.25, 0.3) is 27.3 Å². The van der Waals surface area contributed by atoms with E-state index < -0.39 is 6.04 Å². The highest BCUT2D eigenvalue weighted by Crippen LogP contribution is 2.31. The van der Waals surface area contributed by atoms with E-state index in [2.05, 4.69) is 25.5 Å². The topological polar surface area (TPSA) is 98.7 Å². The van der Waals surface area contributed by atoms with E-state index in [-0.39, 0.29) is 11.8 Å². The second-order valence-corrected chi connectivity index (χ2v) is 9.09. The number of thiophene rings is 1. The maximum absolute atomic E-state index is 13.2. The number of carbonyl (C=O) groups is 1. The second kappa shape index (κ2) is 8.59. The fraction of sp³-hybridized carbons (Fsp3) is 0.208. The first-order chi connectivity index (χ1) is 16.0. The van der Waals surface area contributed by atoms with Crippen molar-refractivity contribution in [3.05, 3.63) is 77.4 Å². The number of benzene rings is 1. The van der Waals surface area contributed by atoms with Gasteiger partial charge in [0.15, 0.2) is 0 Å². The first kappa shape index (κ1) is 21.0. The summed E-state index contributed by atoms with van der Waals surface area (Å²) in [5.74, 6) is 0.672. The van der Waals surface area contributed by atoms with E-state index in [1.807, 2.05) is 74.0 Å². The molecular weight excluding hydrogens is 436 g/mol. The maximum Gasteiger partial charge on any atom is 0.262 e. The van der Waals surface area contributed by atoms with Crippen LogP contribution in [0, 0.1) is 12.8 Å². The Bertz CT molecular complexity index is 1410. The Balaban J connectivity index is 1.43. The number of rotatable bonds is 6. The maximum atomic E-state index is 13.2. The lowest BCUT2D eigenvalue weighted by atomic mass is 10.0. The predicted octanol–water partition coefficient (Wildman–Crippen LogP) is 4.97. The van der Waals surface area contributed by atoms with E-state index in [1.54, 1.807) is 12.4 Å². The Hall–Kier alpha value is -3.85. The molecule has 0 fully saturated rings. The van der Waals surface area contributed by atoms with E-state index >= 15 is 0 Å². The molecule has 1 aromatic carbocycles. The lowest BCUT2D eigenvalue weighted by molar-refractivity contribution is 0.0918. The van der Waals surface area contributed by atoms with Crippen LogP contribution in [-0.4, -0.2) is 30.8 Å². The van der Waals surface area contributed by atoms with Crippen LogP contribution in [0.3, 0.4) is 0 Å². The number of aromatic nitrogens is 5. The third kappa shape index (κ3) is 4.03. The molecule has 1 atom stereocenters. The van der Waals surface area contributed by atoms with Gasteiger partial charge in [-0.25, -0.2) is 4.68 Å². The van der Waals surface area contributed by atoms with E-state index in [4.69, 9.17) is 4.52 Å². The molecule has 33 heavy (non-hydrogen) atoms. The van der Waals surface area contributed by atoms with Gasteiger partial charge in [0, 0.05) is 23.3 Å². The fourth-order valence-electron chi connectivity index (χ4n) is 3.60. The molecule has 0 saturated carbocycles. The molecule has 4 aromatic heterocycles. The highest BCUT2D eigenvalue weighted by Gasteiger charge is 2.27. The molecule has 9 heteroatoms. The van der Waals surface area contributed by atoms with Gasteiger partial charge in [0.2, 0.25) is 11.7 Å². The Kier molecular flexibility index (Phi) is 5.47. The average molecular weight is 459 g/mol. The number of nitrogens with one attached hydrogen (secondary N) is 1. The molecule has 0 spiro atoms. The van der Waals surface area contributed by atoms with Gasteiger partial charge in [-0.3, -0.25) is 9.78 Å². The molecule has 4 heterocycles. The lowest BCUT2D eigenvalue weighted by Crippen LogP contribution is -2.31. The van der Waals surface area contributed by atoms with Gasteiger partial charge in [-0.05, 0) is 43.2 Å². The van der Waals surface area contributed by atoms with Gasteiger partial charge in [0.25, 0.3) is 5.91 Å². The molecule has 8 nitrogen and oxygen atoms in total. The summed E-state index contributed by atoms with van der Waals surface area (Å²) in [6.45, 7) is 5.95. The van der Waals surface area contributed by atoms with Crippen LogP contribution in [0.15, 0.2) is 65.4 Å². The summed E-state index contributed by atoms with van der Waals surface area (Å²) in [5, 5.41) is 12.8. The Labute approximate surface area is 194 Å². The third-order valence-electron chi connectivity index (χ3n) is 5.35. The molecule has 0 bridgehead atoms. The number of hydrogen-bond acceptors (Lipinski definition) is 7. The quantitative estimate of drug-likeness (QED) is 0.386. The van der Waals surface area contributed by atoms with E-state index in [1.165, 1.54) is 11.3 Å². The fourth-order valence-corrected chi connectivity index (χ4v) is 4.69. The highest BCUT2D eigenvalue weighted by atomic mass is 32.1. The van der Waals surface area contributed by atoms with E-state index in [0.717, 1.165) is 27.2 Å². The Morgan fingerprint density at radius 2 is 1.97 bits per heavy atom. The van der Waals surface area contributed by atoms with Crippen LogP contribution in [-0.2, 0) is 0 Å². The lowest BCUT2D eigenvalue weighted by Gasteiger charge is -2.17. The van der Waals surface area contributed by atoms with E-state index in [9.17, 15) is 4.79 Å². The molecule has 0 aliphatic heterocycles. The molecule has 0 saturated heterocycles. The van der Waals surface area contributed by atoms with Crippen molar-refractivity contribution in [1.82, 2.24) is 30.2 Å². The number of nitrogens with zero attached hydrogens (tertiary/aromatic N) is 5. The normalized spacial score (nSPS) is 12.4. The molecule has 0 radical (unpaired) electrons. The van der Waals surface area contributed by atoms with Crippen LogP contribution in [0.4, 0.5) is 0 Å². The number of para-hydroxylation sites is 1. The van der Waals surface area contributed by atoms with Gasteiger partial charge >= 0.3 is 0 Å². The Morgan fingerprint density at radius 3 is 2.70 bits per heavy atom. The van der Waals surface area contributed by atoms with Crippen molar-refractivity contribution in [3.8, 4) is 17.1 Å². The van der Waals surface area contributed by atoms with Crippen LogP contribution < -0.4 is 5.32 Å². The summed E-state index contributed by atoms with van der Waals surface area (Å²) >= 11 is 1.41. The number of amides is 1. The number of carbonyl (C=O) groups excluding carboxylic acids is 1. The summed E-state index contributed by atoms with van der Waals surface area (Å²) < 4.78 is 7.38. The van der Waals surface area contributed by atoms with Crippen LogP contribution >= 0.6 is 11.3 Å². The second-order valence-electron chi connectivity index (χ2n) is 8.06. The molecule has 5 rings (SSSR count). The number of aryl methyl sites for hydroxylation is 1. The monoisotopic (exact) mass is 458 g/mol. The summed E-state index contributed by atoms with van der Waals surface area (Å²) in [5.41, 5.74) is 2.59. The van der Waals surface area contributed by atoms with E-state index in [0.29, 0.717) is 16.6 Å². The predicted molar refractivity (Wildman–Crippen MR) is 126 cm³/mol. The number of hydrogen-bond donors (Lipinski definition) is 1. The third-order valence-corrected chi connectivity index (χ3v) is 6.46. The average Bonchev–Trinajstić information content (AvgIpc) is 3.55. The zero-order valence-corrected chi connectivity index (χ0v) is 19.2. The standard InChI is InChI=1S/C24H22N6O2S/c1-14(2)20(23-27-21(29-32-23)16-8-7-11-25-13-16)26-22(31)19-12-18-15(3)28-30(24(18)33-19)17-9-5-4-6-10-17/h4-14,20H,1-3H3,(H,26,31). The largest absolute Gasteiger partial charge is 0.339 e. The van der Waals surface area contributed by atoms with Crippen LogP contribution in [0.5, 0.6) is 0 Å². The minimum absolute atomic E-state index is 0.0482. The van der Waals surface area contributed by atoms with Crippen molar-refractivity contribution in [2.45, 2.75) is 26.8 Å². The molecule has 0 aliphatic rings. The SMILES string of the molecule is Cc1nn(-c2ccccc2)c2sc(C(=O)NC(c3nc(-c4cccnc4)no3)C(C)C)cc12. The number of pyridine rings is 1. The minimum atomic E-state index is -0.424. The van der Waals surface area contributed by atoms with Crippen LogP contribution in [0.1, 0.15) is 41.1 Å². The van der Waals surface area contributed by atoms with Gasteiger partial charge in [0.1, 0.15) is 10.9 Å². The first-order valence-electron chi connectivity index (χ1n) is 10.6. The van der Waals surface area contributed by atoms with Gasteiger partial charge < -0.3 is 9.84 Å². The molecule has 1 amide bonds. The zero-order valence-electron chi connectivity index (χ0n) is 18.4. The number of fused-ring (bicyclic) bond motifs is 1. The van der Waals surface area contributed by atoms with Crippen molar-refractivity contribution >= 4 is 27.5 Å². The van der Waals surface area contributed by atoms with Crippen molar-refractivity contribution < 1.29 is 9.32 Å². The van der Waals surface area contributed by atoms with Gasteiger partial charge in [-0.1, -0.05) is 37.2 Å². The smallest absolute Gasteiger partial charge is 0.262 e. The zero-order chi connectivity index (χ0) is 22.9. The van der Waals surface area contributed by atoms with Gasteiger partial charge in [-0.15, -0.1) is 11.3 Å². The molecular formula is C24H22N6O2S.